The van der Waals surface area contributed by atoms with E-state index in [1.807, 2.05) is 18.2 Å². The number of aromatic nitrogens is 2. The molecule has 2 aromatic carbocycles. The molecule has 0 amide bonds. The van der Waals surface area contributed by atoms with Gasteiger partial charge in [-0.2, -0.15) is 0 Å². The Bertz CT molecular complexity index is 946. The number of benzene rings is 2. The maximum atomic E-state index is 12.3. The van der Waals surface area contributed by atoms with Crippen LogP contribution in [0.4, 0.5) is 0 Å². The number of H-pyrrole nitrogens is 1. The van der Waals surface area contributed by atoms with Crippen molar-refractivity contribution >= 4 is 22.5 Å². The van der Waals surface area contributed by atoms with Crippen molar-refractivity contribution in [1.82, 2.24) is 9.55 Å². The summed E-state index contributed by atoms with van der Waals surface area (Å²) in [7, 11) is 0. The maximum absolute atomic E-state index is 12.3. The van der Waals surface area contributed by atoms with Crippen molar-refractivity contribution in [3.63, 3.8) is 0 Å². The summed E-state index contributed by atoms with van der Waals surface area (Å²) < 4.78 is 6.68. The number of ether oxygens (including phenoxy) is 1. The van der Waals surface area contributed by atoms with Crippen LogP contribution in [-0.2, 0) is 17.9 Å². The van der Waals surface area contributed by atoms with E-state index < -0.39 is 5.69 Å². The maximum Gasteiger partial charge on any atom is 0.328 e. The molecular weight excluding hydrogens is 316 g/mol. The highest BCUT2D eigenvalue weighted by atomic mass is 35.5. The van der Waals surface area contributed by atoms with Crippen LogP contribution in [-0.4, -0.2) is 16.2 Å². The van der Waals surface area contributed by atoms with Crippen molar-refractivity contribution in [2.24, 2.45) is 0 Å². The normalized spacial score (nSPS) is 11.0. The van der Waals surface area contributed by atoms with Gasteiger partial charge in [-0.05, 0) is 23.8 Å². The zero-order valence-electron chi connectivity index (χ0n) is 12.3. The van der Waals surface area contributed by atoms with Crippen molar-refractivity contribution < 1.29 is 4.74 Å². The Hall–Kier alpha value is -2.37. The molecule has 0 saturated carbocycles. The first kappa shape index (κ1) is 15.5. The molecule has 23 heavy (non-hydrogen) atoms. The van der Waals surface area contributed by atoms with Gasteiger partial charge < -0.3 is 9.72 Å². The summed E-state index contributed by atoms with van der Waals surface area (Å²) in [6, 6.07) is 14.3. The van der Waals surface area contributed by atoms with E-state index in [2.05, 4.69) is 4.98 Å². The van der Waals surface area contributed by atoms with Gasteiger partial charge in [0.2, 0.25) is 0 Å². The molecule has 118 valence electrons. The first-order chi connectivity index (χ1) is 11.2. The fourth-order valence-corrected chi connectivity index (χ4v) is 2.55. The molecule has 0 spiro atoms. The van der Waals surface area contributed by atoms with Crippen molar-refractivity contribution in [1.29, 1.82) is 0 Å². The number of nitrogens with one attached hydrogen (secondary N) is 1. The molecular formula is C17H15ClN2O3. The largest absolute Gasteiger partial charge is 0.375 e. The van der Waals surface area contributed by atoms with Crippen molar-refractivity contribution in [3.05, 3.63) is 80.0 Å². The predicted octanol–water partition coefficient (Wildman–Crippen LogP) is 2.56. The summed E-state index contributed by atoms with van der Waals surface area (Å²) in [5, 5.41) is 1.12. The van der Waals surface area contributed by atoms with E-state index in [9.17, 15) is 9.59 Å². The van der Waals surface area contributed by atoms with Gasteiger partial charge in [-0.15, -0.1) is 0 Å². The van der Waals surface area contributed by atoms with E-state index >= 15 is 0 Å². The van der Waals surface area contributed by atoms with Gasteiger partial charge >= 0.3 is 5.69 Å². The van der Waals surface area contributed by atoms with Crippen molar-refractivity contribution in [2.45, 2.75) is 13.2 Å². The molecule has 0 bridgehead atoms. The molecule has 3 aromatic rings. The molecule has 5 nitrogen and oxygen atoms in total. The molecule has 3 rings (SSSR count). The molecule has 6 heteroatoms. The van der Waals surface area contributed by atoms with Crippen LogP contribution in [0.3, 0.4) is 0 Å². The second-order valence-electron chi connectivity index (χ2n) is 5.08. The summed E-state index contributed by atoms with van der Waals surface area (Å²) in [4.78, 5) is 27.0. The third kappa shape index (κ3) is 3.36. The molecule has 0 atom stereocenters. The fraction of sp³-hybridized carbons (Fsp3) is 0.176. The van der Waals surface area contributed by atoms with Gasteiger partial charge in [-0.3, -0.25) is 9.36 Å². The Labute approximate surface area is 137 Å². The van der Waals surface area contributed by atoms with Gasteiger partial charge in [0.1, 0.15) is 0 Å². The van der Waals surface area contributed by atoms with Gasteiger partial charge in [-0.25, -0.2) is 4.79 Å². The summed E-state index contributed by atoms with van der Waals surface area (Å²) >= 11 is 6.05. The molecule has 1 heterocycles. The molecule has 0 fully saturated rings. The lowest BCUT2D eigenvalue weighted by Crippen LogP contribution is -2.36. The average molecular weight is 331 g/mol. The van der Waals surface area contributed by atoms with Gasteiger partial charge in [0.05, 0.1) is 30.7 Å². The van der Waals surface area contributed by atoms with Crippen molar-refractivity contribution in [2.75, 3.05) is 6.61 Å². The van der Waals surface area contributed by atoms with E-state index in [-0.39, 0.29) is 18.7 Å². The number of para-hydroxylation sites is 1. The SMILES string of the molecule is O=c1[nH]c2ccccc2c(=O)n1CCOCc1ccccc1Cl. The predicted molar refractivity (Wildman–Crippen MR) is 89.9 cm³/mol. The van der Waals surface area contributed by atoms with Crippen LogP contribution < -0.4 is 11.2 Å². The molecule has 0 aliphatic carbocycles. The third-order valence-electron chi connectivity index (χ3n) is 3.56. The number of hydrogen-bond donors (Lipinski definition) is 1. The van der Waals surface area contributed by atoms with Gasteiger partial charge in [0.25, 0.3) is 5.56 Å². The van der Waals surface area contributed by atoms with Crippen LogP contribution in [0.25, 0.3) is 10.9 Å². The average Bonchev–Trinajstić information content (AvgIpc) is 2.55. The second-order valence-corrected chi connectivity index (χ2v) is 5.48. The van der Waals surface area contributed by atoms with Crippen LogP contribution in [0.1, 0.15) is 5.56 Å². The minimum absolute atomic E-state index is 0.184. The summed E-state index contributed by atoms with van der Waals surface area (Å²) in [6.45, 7) is 0.760. The van der Waals surface area contributed by atoms with Gasteiger partial charge in [0.15, 0.2) is 0 Å². The smallest absolute Gasteiger partial charge is 0.328 e. The Morgan fingerprint density at radius 1 is 1.04 bits per heavy atom. The Morgan fingerprint density at radius 3 is 2.61 bits per heavy atom. The highest BCUT2D eigenvalue weighted by molar-refractivity contribution is 6.31. The fourth-order valence-electron chi connectivity index (χ4n) is 2.36. The monoisotopic (exact) mass is 330 g/mol. The van der Waals surface area contributed by atoms with Crippen molar-refractivity contribution in [3.8, 4) is 0 Å². The van der Waals surface area contributed by atoms with E-state index in [4.69, 9.17) is 16.3 Å². The number of hydrogen-bond acceptors (Lipinski definition) is 3. The molecule has 0 saturated heterocycles. The lowest BCUT2D eigenvalue weighted by molar-refractivity contribution is 0.112. The summed E-state index contributed by atoms with van der Waals surface area (Å²) in [5.41, 5.74) is 0.658. The zero-order chi connectivity index (χ0) is 16.2. The topological polar surface area (TPSA) is 64.1 Å². The molecule has 1 aromatic heterocycles. The molecule has 1 N–H and O–H groups in total. The number of halogens is 1. The first-order valence-electron chi connectivity index (χ1n) is 7.20. The molecule has 0 aliphatic heterocycles. The van der Waals surface area contributed by atoms with E-state index in [0.717, 1.165) is 10.1 Å². The zero-order valence-corrected chi connectivity index (χ0v) is 13.0. The summed E-state index contributed by atoms with van der Waals surface area (Å²) in [6.07, 6.45) is 0. The number of aromatic amines is 1. The van der Waals surface area contributed by atoms with Crippen LogP contribution in [0, 0.1) is 0 Å². The van der Waals surface area contributed by atoms with Gasteiger partial charge in [0, 0.05) is 5.02 Å². The van der Waals surface area contributed by atoms with Crippen LogP contribution in [0.2, 0.25) is 5.02 Å². The Balaban J connectivity index is 1.72. The Kier molecular flexibility index (Phi) is 4.60. The first-order valence-corrected chi connectivity index (χ1v) is 7.57. The minimum Gasteiger partial charge on any atom is -0.375 e. The van der Waals surface area contributed by atoms with Crippen LogP contribution in [0.5, 0.6) is 0 Å². The van der Waals surface area contributed by atoms with E-state index in [1.54, 1.807) is 30.3 Å². The van der Waals surface area contributed by atoms with Gasteiger partial charge in [-0.1, -0.05) is 41.9 Å². The number of fused-ring (bicyclic) bond motifs is 1. The highest BCUT2D eigenvalue weighted by Gasteiger charge is 2.07. The lowest BCUT2D eigenvalue weighted by atomic mass is 10.2. The molecule has 0 unspecified atom stereocenters. The van der Waals surface area contributed by atoms with Crippen LogP contribution >= 0.6 is 11.6 Å². The Morgan fingerprint density at radius 2 is 1.78 bits per heavy atom. The summed E-state index contributed by atoms with van der Waals surface area (Å²) in [5.74, 6) is 0. The van der Waals surface area contributed by atoms with E-state index in [1.165, 1.54) is 0 Å². The minimum atomic E-state index is -0.435. The number of nitrogens with zero attached hydrogens (tertiary/aromatic N) is 1. The lowest BCUT2D eigenvalue weighted by Gasteiger charge is -2.08. The second kappa shape index (κ2) is 6.81. The quantitative estimate of drug-likeness (QED) is 0.731. The third-order valence-corrected chi connectivity index (χ3v) is 3.93. The molecule has 0 aliphatic rings. The standard InChI is InChI=1S/C17H15ClN2O3/c18-14-7-3-1-5-12(14)11-23-10-9-20-16(21)13-6-2-4-8-15(13)19-17(20)22/h1-8H,9-11H2,(H,19,22). The van der Waals surface area contributed by atoms with Crippen LogP contribution in [0.15, 0.2) is 58.1 Å². The molecule has 0 radical (unpaired) electrons. The van der Waals surface area contributed by atoms with E-state index in [0.29, 0.717) is 22.5 Å². The number of rotatable bonds is 5. The highest BCUT2D eigenvalue weighted by Crippen LogP contribution is 2.15.